The van der Waals surface area contributed by atoms with Crippen LogP contribution in [0.2, 0.25) is 0 Å². The molecule has 1 saturated carbocycles. The monoisotopic (exact) mass is 386 g/mol. The second-order valence-electron chi connectivity index (χ2n) is 6.77. The minimum Gasteiger partial charge on any atom is -0.353 e. The molecule has 0 saturated heterocycles. The molecule has 4 rings (SSSR count). The average Bonchev–Trinajstić information content (AvgIpc) is 2.64. The normalized spacial score (nSPS) is 21.1. The summed E-state index contributed by atoms with van der Waals surface area (Å²) in [5.41, 5.74) is -0.960. The summed E-state index contributed by atoms with van der Waals surface area (Å²) in [7, 11) is 0. The van der Waals surface area contributed by atoms with E-state index in [0.29, 0.717) is 5.56 Å². The van der Waals surface area contributed by atoms with Crippen LogP contribution < -0.4 is 16.6 Å². The first-order valence-corrected chi connectivity index (χ1v) is 8.60. The minimum absolute atomic E-state index is 0.167. The number of hydrogen-bond donors (Lipinski definition) is 3. The van der Waals surface area contributed by atoms with Crippen molar-refractivity contribution in [1.29, 1.82) is 0 Å². The fourth-order valence-corrected chi connectivity index (χ4v) is 3.42. The summed E-state index contributed by atoms with van der Waals surface area (Å²) in [5.74, 6) is -0.209. The van der Waals surface area contributed by atoms with Gasteiger partial charge in [-0.2, -0.15) is 0 Å². The van der Waals surface area contributed by atoms with Crippen LogP contribution in [-0.2, 0) is 5.41 Å². The number of anilines is 1. The number of pyridine rings is 1. The number of aromatic amines is 2. The van der Waals surface area contributed by atoms with E-state index in [1.807, 2.05) is 0 Å². The lowest BCUT2D eigenvalue weighted by Gasteiger charge is -2.43. The number of alkyl halides is 1. The molecule has 0 bridgehead atoms. The highest BCUT2D eigenvalue weighted by Crippen LogP contribution is 2.45. The van der Waals surface area contributed by atoms with Gasteiger partial charge in [0, 0.05) is 42.2 Å². The molecule has 3 aromatic heterocycles. The van der Waals surface area contributed by atoms with Gasteiger partial charge in [0.25, 0.3) is 5.56 Å². The highest BCUT2D eigenvalue weighted by molar-refractivity contribution is 5.56. The summed E-state index contributed by atoms with van der Waals surface area (Å²) in [5, 5.41) is 3.00. The molecular weight excluding hydrogens is 370 g/mol. The fourth-order valence-electron chi connectivity index (χ4n) is 3.42. The molecule has 144 valence electrons. The van der Waals surface area contributed by atoms with Crippen LogP contribution >= 0.6 is 0 Å². The van der Waals surface area contributed by atoms with Gasteiger partial charge in [-0.15, -0.1) is 0 Å². The zero-order chi connectivity index (χ0) is 19.7. The van der Waals surface area contributed by atoms with Crippen LogP contribution in [0.5, 0.6) is 0 Å². The van der Waals surface area contributed by atoms with Gasteiger partial charge in [-0.3, -0.25) is 14.8 Å². The van der Waals surface area contributed by atoms with Crippen molar-refractivity contribution in [2.45, 2.75) is 24.4 Å². The summed E-state index contributed by atoms with van der Waals surface area (Å²) in [6, 6.07) is 4.03. The Hall–Kier alpha value is -3.43. The Morgan fingerprint density at radius 1 is 1.18 bits per heavy atom. The number of nitrogens with zero attached hydrogens (tertiary/aromatic N) is 3. The molecule has 28 heavy (non-hydrogen) atoms. The summed E-state index contributed by atoms with van der Waals surface area (Å²) >= 11 is 0. The third-order valence-corrected chi connectivity index (χ3v) is 4.79. The van der Waals surface area contributed by atoms with Gasteiger partial charge in [0.2, 0.25) is 5.95 Å². The van der Waals surface area contributed by atoms with Gasteiger partial charge < -0.3 is 10.3 Å². The molecular formula is C18H16F2N6O2. The van der Waals surface area contributed by atoms with Crippen LogP contribution in [0.4, 0.5) is 14.7 Å². The van der Waals surface area contributed by atoms with E-state index in [0.717, 1.165) is 0 Å². The largest absolute Gasteiger partial charge is 0.353 e. The number of halogens is 2. The number of H-pyrrole nitrogens is 2. The van der Waals surface area contributed by atoms with E-state index in [2.05, 4.69) is 30.2 Å². The second kappa shape index (κ2) is 6.95. The molecule has 1 aliphatic rings. The van der Waals surface area contributed by atoms with Crippen LogP contribution in [0.15, 0.2) is 46.4 Å². The van der Waals surface area contributed by atoms with Crippen molar-refractivity contribution in [1.82, 2.24) is 24.9 Å². The standard InChI is InChI=1S/C18H16F2N6O2/c19-11-5-18(6-11,15-12(20)2-1-3-21-15)9-24-16-22-7-10(8-23-16)13-4-14(27)26-17(28)25-13/h1-4,7-8,11H,5-6,9H2,(H,22,23,24)(H2,25,26,27,28). The molecule has 1 aliphatic carbocycles. The van der Waals surface area contributed by atoms with E-state index >= 15 is 0 Å². The van der Waals surface area contributed by atoms with Gasteiger partial charge >= 0.3 is 5.69 Å². The summed E-state index contributed by atoms with van der Waals surface area (Å²) in [4.78, 5) is 39.7. The lowest BCUT2D eigenvalue weighted by Crippen LogP contribution is -2.49. The molecule has 0 aliphatic heterocycles. The molecule has 3 aromatic rings. The van der Waals surface area contributed by atoms with Crippen molar-refractivity contribution in [3.8, 4) is 11.3 Å². The molecule has 1 fully saturated rings. The Balaban J connectivity index is 1.52. The van der Waals surface area contributed by atoms with Crippen molar-refractivity contribution < 1.29 is 8.78 Å². The van der Waals surface area contributed by atoms with E-state index in [1.165, 1.54) is 36.8 Å². The van der Waals surface area contributed by atoms with Crippen molar-refractivity contribution in [3.05, 3.63) is 69.1 Å². The first-order valence-electron chi connectivity index (χ1n) is 8.60. The smallest absolute Gasteiger partial charge is 0.326 e. The molecule has 0 radical (unpaired) electrons. The Kier molecular flexibility index (Phi) is 4.46. The van der Waals surface area contributed by atoms with Gasteiger partial charge in [0.05, 0.1) is 11.4 Å². The lowest BCUT2D eigenvalue weighted by atomic mass is 9.65. The van der Waals surface area contributed by atoms with Crippen LogP contribution in [0.3, 0.4) is 0 Å². The molecule has 0 spiro atoms. The predicted octanol–water partition coefficient (Wildman–Crippen LogP) is 1.54. The average molecular weight is 386 g/mol. The highest BCUT2D eigenvalue weighted by Gasteiger charge is 2.48. The molecule has 10 heteroatoms. The SMILES string of the molecule is O=c1cc(-c2cnc(NCC3(c4ncccc4F)CC(F)C3)nc2)[nH]c(=O)[nH]1. The van der Waals surface area contributed by atoms with Crippen molar-refractivity contribution >= 4 is 5.95 Å². The van der Waals surface area contributed by atoms with E-state index in [-0.39, 0.29) is 36.7 Å². The Bertz CT molecular complexity index is 1080. The minimum atomic E-state index is -1.00. The number of nitrogens with one attached hydrogen (secondary N) is 3. The Morgan fingerprint density at radius 2 is 1.93 bits per heavy atom. The van der Waals surface area contributed by atoms with E-state index < -0.39 is 28.7 Å². The number of rotatable bonds is 5. The first-order chi connectivity index (χ1) is 13.4. The van der Waals surface area contributed by atoms with Crippen LogP contribution in [0, 0.1) is 5.82 Å². The highest BCUT2D eigenvalue weighted by atomic mass is 19.1. The molecule has 0 atom stereocenters. The van der Waals surface area contributed by atoms with Crippen molar-refractivity contribution in [2.75, 3.05) is 11.9 Å². The summed E-state index contributed by atoms with van der Waals surface area (Å²) in [6.07, 6.45) is 3.69. The van der Waals surface area contributed by atoms with Crippen molar-refractivity contribution in [2.24, 2.45) is 0 Å². The maximum absolute atomic E-state index is 14.2. The Morgan fingerprint density at radius 3 is 2.57 bits per heavy atom. The maximum Gasteiger partial charge on any atom is 0.326 e. The first kappa shape index (κ1) is 18.0. The van der Waals surface area contributed by atoms with Crippen LogP contribution in [0.25, 0.3) is 11.3 Å². The topological polar surface area (TPSA) is 116 Å². The second-order valence-corrected chi connectivity index (χ2v) is 6.77. The molecule has 8 nitrogen and oxygen atoms in total. The van der Waals surface area contributed by atoms with Crippen LogP contribution in [-0.4, -0.2) is 37.6 Å². The maximum atomic E-state index is 14.2. The third-order valence-electron chi connectivity index (χ3n) is 4.79. The summed E-state index contributed by atoms with van der Waals surface area (Å²) in [6.45, 7) is 0.225. The van der Waals surface area contributed by atoms with Crippen molar-refractivity contribution in [3.63, 3.8) is 0 Å². The number of hydrogen-bond acceptors (Lipinski definition) is 6. The van der Waals surface area contributed by atoms with Crippen LogP contribution in [0.1, 0.15) is 18.5 Å². The third kappa shape index (κ3) is 3.40. The molecule has 3 heterocycles. The molecule has 0 aromatic carbocycles. The van der Waals surface area contributed by atoms with Gasteiger partial charge in [-0.05, 0) is 25.0 Å². The van der Waals surface area contributed by atoms with E-state index in [9.17, 15) is 18.4 Å². The van der Waals surface area contributed by atoms with Gasteiger partial charge in [0.1, 0.15) is 12.0 Å². The summed E-state index contributed by atoms with van der Waals surface area (Å²) < 4.78 is 27.8. The van der Waals surface area contributed by atoms with Gasteiger partial charge in [-0.1, -0.05) is 0 Å². The zero-order valence-corrected chi connectivity index (χ0v) is 14.6. The van der Waals surface area contributed by atoms with Gasteiger partial charge in [0.15, 0.2) is 0 Å². The van der Waals surface area contributed by atoms with Gasteiger partial charge in [-0.25, -0.2) is 23.5 Å². The Labute approximate surface area is 157 Å². The van der Waals surface area contributed by atoms with E-state index in [1.54, 1.807) is 0 Å². The van der Waals surface area contributed by atoms with E-state index in [4.69, 9.17) is 0 Å². The molecule has 3 N–H and O–H groups in total. The zero-order valence-electron chi connectivity index (χ0n) is 14.6. The number of aromatic nitrogens is 5. The lowest BCUT2D eigenvalue weighted by molar-refractivity contribution is 0.0963. The molecule has 0 amide bonds. The fraction of sp³-hybridized carbons (Fsp3) is 0.278. The predicted molar refractivity (Wildman–Crippen MR) is 97.2 cm³/mol. The quantitative estimate of drug-likeness (QED) is 0.612. The molecule has 0 unspecified atom stereocenters.